The van der Waals surface area contributed by atoms with Gasteiger partial charge in [0.2, 0.25) is 0 Å². The minimum Gasteiger partial charge on any atom is -0.493 e. The molecule has 2 aromatic rings. The lowest BCUT2D eigenvalue weighted by Crippen LogP contribution is -2.23. The molecule has 0 fully saturated rings. The van der Waals surface area contributed by atoms with Crippen molar-refractivity contribution in [3.63, 3.8) is 0 Å². The normalized spacial score (nSPS) is 10.2. The van der Waals surface area contributed by atoms with E-state index < -0.39 is 0 Å². The van der Waals surface area contributed by atoms with Gasteiger partial charge in [0.05, 0.1) is 14.2 Å². The van der Waals surface area contributed by atoms with Gasteiger partial charge in [0.1, 0.15) is 0 Å². The lowest BCUT2D eigenvalue weighted by atomic mass is 10.0. The van der Waals surface area contributed by atoms with Gasteiger partial charge in [-0.3, -0.25) is 4.79 Å². The Morgan fingerprint density at radius 2 is 1.77 bits per heavy atom. The molecule has 0 aromatic heterocycles. The van der Waals surface area contributed by atoms with E-state index in [-0.39, 0.29) is 5.91 Å². The Kier molecular flexibility index (Phi) is 5.04. The SMILES string of the molecule is COc1ccc(CNC(=O)c2cccc(C)c2C)cc1OC. The van der Waals surface area contributed by atoms with E-state index in [9.17, 15) is 4.79 Å². The van der Waals surface area contributed by atoms with Gasteiger partial charge in [-0.1, -0.05) is 18.2 Å². The fourth-order valence-electron chi connectivity index (χ4n) is 2.27. The molecule has 0 aliphatic carbocycles. The molecular formula is C18H21NO3. The summed E-state index contributed by atoms with van der Waals surface area (Å²) < 4.78 is 10.5. The van der Waals surface area contributed by atoms with E-state index in [2.05, 4.69) is 5.32 Å². The number of benzene rings is 2. The summed E-state index contributed by atoms with van der Waals surface area (Å²) in [6.07, 6.45) is 0. The zero-order valence-electron chi connectivity index (χ0n) is 13.4. The van der Waals surface area contributed by atoms with Crippen LogP contribution >= 0.6 is 0 Å². The number of rotatable bonds is 5. The maximum Gasteiger partial charge on any atom is 0.251 e. The summed E-state index contributed by atoms with van der Waals surface area (Å²) in [6.45, 7) is 4.40. The molecule has 4 heteroatoms. The Balaban J connectivity index is 2.09. The van der Waals surface area contributed by atoms with E-state index in [1.165, 1.54) is 0 Å². The highest BCUT2D eigenvalue weighted by atomic mass is 16.5. The van der Waals surface area contributed by atoms with Crippen LogP contribution in [0.2, 0.25) is 0 Å². The second kappa shape index (κ2) is 6.98. The van der Waals surface area contributed by atoms with Crippen LogP contribution in [0.15, 0.2) is 36.4 Å². The number of hydrogen-bond donors (Lipinski definition) is 1. The molecule has 0 bridgehead atoms. The van der Waals surface area contributed by atoms with Gasteiger partial charge >= 0.3 is 0 Å². The monoisotopic (exact) mass is 299 g/mol. The van der Waals surface area contributed by atoms with Gasteiger partial charge in [-0.2, -0.15) is 0 Å². The fraction of sp³-hybridized carbons (Fsp3) is 0.278. The van der Waals surface area contributed by atoms with Crippen LogP contribution in [0.1, 0.15) is 27.0 Å². The van der Waals surface area contributed by atoms with Crippen LogP contribution in [0.5, 0.6) is 11.5 Å². The maximum absolute atomic E-state index is 12.3. The predicted molar refractivity (Wildman–Crippen MR) is 86.6 cm³/mol. The number of nitrogens with one attached hydrogen (secondary N) is 1. The summed E-state index contributed by atoms with van der Waals surface area (Å²) in [5.74, 6) is 1.25. The maximum atomic E-state index is 12.3. The molecule has 0 radical (unpaired) electrons. The summed E-state index contributed by atoms with van der Waals surface area (Å²) in [7, 11) is 3.19. The van der Waals surface area contributed by atoms with Crippen molar-refractivity contribution in [3.8, 4) is 11.5 Å². The topological polar surface area (TPSA) is 47.6 Å². The molecular weight excluding hydrogens is 278 g/mol. The Morgan fingerprint density at radius 1 is 1.05 bits per heavy atom. The second-order valence-electron chi connectivity index (χ2n) is 5.12. The average molecular weight is 299 g/mol. The van der Waals surface area contributed by atoms with E-state index in [1.54, 1.807) is 14.2 Å². The summed E-state index contributed by atoms with van der Waals surface area (Å²) in [5.41, 5.74) is 3.78. The van der Waals surface area contributed by atoms with Crippen LogP contribution in [0, 0.1) is 13.8 Å². The van der Waals surface area contributed by atoms with Crippen LogP contribution in [-0.2, 0) is 6.54 Å². The standard InChI is InChI=1S/C18H21NO3/c1-12-6-5-7-15(13(12)2)18(20)19-11-14-8-9-16(21-3)17(10-14)22-4/h5-10H,11H2,1-4H3,(H,19,20). The predicted octanol–water partition coefficient (Wildman–Crippen LogP) is 3.25. The molecule has 22 heavy (non-hydrogen) atoms. The summed E-state index contributed by atoms with van der Waals surface area (Å²) in [4.78, 5) is 12.3. The Morgan fingerprint density at radius 3 is 2.45 bits per heavy atom. The van der Waals surface area contributed by atoms with Crippen LogP contribution < -0.4 is 14.8 Å². The summed E-state index contributed by atoms with van der Waals surface area (Å²) >= 11 is 0. The summed E-state index contributed by atoms with van der Waals surface area (Å²) in [5, 5.41) is 2.94. The molecule has 0 saturated carbocycles. The van der Waals surface area contributed by atoms with Gasteiger partial charge in [0.25, 0.3) is 5.91 Å². The second-order valence-corrected chi connectivity index (χ2v) is 5.12. The molecule has 2 rings (SSSR count). The third kappa shape index (κ3) is 3.39. The largest absolute Gasteiger partial charge is 0.493 e. The first-order valence-corrected chi connectivity index (χ1v) is 7.12. The van der Waals surface area contributed by atoms with Crippen molar-refractivity contribution in [1.82, 2.24) is 5.32 Å². The average Bonchev–Trinajstić information content (AvgIpc) is 2.54. The molecule has 1 N–H and O–H groups in total. The van der Waals surface area contributed by atoms with Crippen molar-refractivity contribution in [1.29, 1.82) is 0 Å². The highest BCUT2D eigenvalue weighted by Crippen LogP contribution is 2.27. The number of ether oxygens (including phenoxy) is 2. The lowest BCUT2D eigenvalue weighted by molar-refractivity contribution is 0.0950. The number of methoxy groups -OCH3 is 2. The molecule has 0 aliphatic heterocycles. The molecule has 0 saturated heterocycles. The quantitative estimate of drug-likeness (QED) is 0.922. The number of carbonyl (C=O) groups excluding carboxylic acids is 1. The number of carbonyl (C=O) groups is 1. The highest BCUT2D eigenvalue weighted by molar-refractivity contribution is 5.95. The minimum absolute atomic E-state index is 0.0732. The molecule has 116 valence electrons. The van der Waals surface area contributed by atoms with Crippen molar-refractivity contribution in [3.05, 3.63) is 58.7 Å². The van der Waals surface area contributed by atoms with Gasteiger partial charge in [-0.05, 0) is 48.7 Å². The van der Waals surface area contributed by atoms with Crippen LogP contribution in [0.25, 0.3) is 0 Å². The molecule has 4 nitrogen and oxygen atoms in total. The van der Waals surface area contributed by atoms with E-state index in [4.69, 9.17) is 9.47 Å². The first-order chi connectivity index (χ1) is 10.6. The third-order valence-corrected chi connectivity index (χ3v) is 3.75. The zero-order chi connectivity index (χ0) is 16.1. The van der Waals surface area contributed by atoms with Crippen molar-refractivity contribution in [2.75, 3.05) is 14.2 Å². The molecule has 2 aromatic carbocycles. The van der Waals surface area contributed by atoms with E-state index in [1.807, 2.05) is 50.2 Å². The first-order valence-electron chi connectivity index (χ1n) is 7.12. The van der Waals surface area contributed by atoms with Crippen molar-refractivity contribution < 1.29 is 14.3 Å². The zero-order valence-corrected chi connectivity index (χ0v) is 13.4. The van der Waals surface area contributed by atoms with Gasteiger partial charge < -0.3 is 14.8 Å². The lowest BCUT2D eigenvalue weighted by Gasteiger charge is -2.12. The minimum atomic E-state index is -0.0732. The molecule has 0 atom stereocenters. The Bertz CT molecular complexity index is 680. The van der Waals surface area contributed by atoms with Crippen molar-refractivity contribution in [2.24, 2.45) is 0 Å². The Labute approximate surface area is 131 Å². The smallest absolute Gasteiger partial charge is 0.251 e. The Hall–Kier alpha value is -2.49. The van der Waals surface area contributed by atoms with Gasteiger partial charge in [-0.15, -0.1) is 0 Å². The van der Waals surface area contributed by atoms with E-state index in [0.29, 0.717) is 23.6 Å². The van der Waals surface area contributed by atoms with E-state index >= 15 is 0 Å². The molecule has 0 spiro atoms. The third-order valence-electron chi connectivity index (χ3n) is 3.75. The first kappa shape index (κ1) is 15.9. The van der Waals surface area contributed by atoms with Crippen molar-refractivity contribution in [2.45, 2.75) is 20.4 Å². The molecule has 0 aliphatic rings. The van der Waals surface area contributed by atoms with Crippen LogP contribution in [0.3, 0.4) is 0 Å². The van der Waals surface area contributed by atoms with Gasteiger partial charge in [0, 0.05) is 12.1 Å². The van der Waals surface area contributed by atoms with Crippen LogP contribution in [0.4, 0.5) is 0 Å². The number of hydrogen-bond acceptors (Lipinski definition) is 3. The number of amides is 1. The van der Waals surface area contributed by atoms with Crippen molar-refractivity contribution >= 4 is 5.91 Å². The molecule has 1 amide bonds. The fourth-order valence-corrected chi connectivity index (χ4v) is 2.27. The number of aryl methyl sites for hydroxylation is 1. The summed E-state index contributed by atoms with van der Waals surface area (Å²) in [6, 6.07) is 11.3. The van der Waals surface area contributed by atoms with Gasteiger partial charge in [0.15, 0.2) is 11.5 Å². The molecule has 0 unspecified atom stereocenters. The van der Waals surface area contributed by atoms with Crippen LogP contribution in [-0.4, -0.2) is 20.1 Å². The molecule has 0 heterocycles. The van der Waals surface area contributed by atoms with Gasteiger partial charge in [-0.25, -0.2) is 0 Å². The van der Waals surface area contributed by atoms with E-state index in [0.717, 1.165) is 16.7 Å². The highest BCUT2D eigenvalue weighted by Gasteiger charge is 2.10.